The fourth-order valence-corrected chi connectivity index (χ4v) is 2.03. The second-order valence-electron chi connectivity index (χ2n) is 4.76. The molecule has 120 valence electrons. The molecule has 0 atom stereocenters. The van der Waals surface area contributed by atoms with Crippen LogP contribution in [0.4, 0.5) is 24.5 Å². The molecule has 0 aliphatic carbocycles. The van der Waals surface area contributed by atoms with Gasteiger partial charge in [-0.3, -0.25) is 14.9 Å². The summed E-state index contributed by atoms with van der Waals surface area (Å²) in [5.41, 5.74) is -0.919. The summed E-state index contributed by atoms with van der Waals surface area (Å²) in [7, 11) is 0. The molecule has 8 heteroatoms. The fraction of sp³-hybridized carbons (Fsp3) is 0.133. The zero-order valence-electron chi connectivity index (χ0n) is 11.8. The van der Waals surface area contributed by atoms with Gasteiger partial charge in [-0.1, -0.05) is 12.1 Å². The molecule has 0 aliphatic heterocycles. The number of nitrogens with one attached hydrogen (secondary N) is 1. The number of benzene rings is 2. The van der Waals surface area contributed by atoms with Crippen LogP contribution in [-0.4, -0.2) is 10.8 Å². The Morgan fingerprint density at radius 1 is 1.13 bits per heavy atom. The molecular weight excluding hydrogens is 313 g/mol. The minimum atomic E-state index is -4.47. The second-order valence-corrected chi connectivity index (χ2v) is 4.76. The van der Waals surface area contributed by atoms with Crippen molar-refractivity contribution < 1.29 is 22.9 Å². The van der Waals surface area contributed by atoms with Crippen LogP contribution in [0, 0.1) is 17.0 Å². The molecule has 0 saturated carbocycles. The third-order valence-electron chi connectivity index (χ3n) is 3.14. The highest BCUT2D eigenvalue weighted by Crippen LogP contribution is 2.30. The molecule has 1 amide bonds. The van der Waals surface area contributed by atoms with Gasteiger partial charge in [-0.2, -0.15) is 13.2 Å². The fourth-order valence-electron chi connectivity index (χ4n) is 2.03. The van der Waals surface area contributed by atoms with Crippen molar-refractivity contribution in [3.8, 4) is 0 Å². The number of rotatable bonds is 3. The summed E-state index contributed by atoms with van der Waals surface area (Å²) in [6, 6.07) is 8.08. The number of carbonyl (C=O) groups excluding carboxylic acids is 1. The van der Waals surface area contributed by atoms with Crippen molar-refractivity contribution in [2.75, 3.05) is 5.32 Å². The van der Waals surface area contributed by atoms with Gasteiger partial charge in [-0.05, 0) is 37.3 Å². The Labute approximate surface area is 128 Å². The van der Waals surface area contributed by atoms with Crippen LogP contribution in [0.5, 0.6) is 0 Å². The smallest absolute Gasteiger partial charge is 0.322 e. The van der Waals surface area contributed by atoms with E-state index in [0.29, 0.717) is 5.56 Å². The summed E-state index contributed by atoms with van der Waals surface area (Å²) < 4.78 is 37.4. The Morgan fingerprint density at radius 3 is 2.26 bits per heavy atom. The van der Waals surface area contributed by atoms with E-state index in [-0.39, 0.29) is 16.9 Å². The van der Waals surface area contributed by atoms with E-state index in [1.165, 1.54) is 25.1 Å². The highest BCUT2D eigenvalue weighted by Gasteiger charge is 2.30. The summed E-state index contributed by atoms with van der Waals surface area (Å²) in [5.74, 6) is -0.764. The number of hydrogen-bond acceptors (Lipinski definition) is 3. The van der Waals surface area contributed by atoms with Crippen LogP contribution in [0.2, 0.25) is 0 Å². The first-order valence-electron chi connectivity index (χ1n) is 6.43. The standard InChI is InChI=1S/C15H11F3N2O3/c1-9-3-2-4-12(13(9)20(22)23)14(21)19-11-7-5-10(6-8-11)15(16,17)18/h2-8H,1H3,(H,19,21). The average Bonchev–Trinajstić information content (AvgIpc) is 2.46. The number of aryl methyl sites for hydroxylation is 1. The molecule has 0 aliphatic rings. The number of hydrogen-bond donors (Lipinski definition) is 1. The molecule has 0 bridgehead atoms. The van der Waals surface area contributed by atoms with Gasteiger partial charge in [-0.25, -0.2) is 0 Å². The van der Waals surface area contributed by atoms with Gasteiger partial charge in [0.05, 0.1) is 10.5 Å². The lowest BCUT2D eigenvalue weighted by atomic mass is 10.1. The van der Waals surface area contributed by atoms with Crippen molar-refractivity contribution in [2.24, 2.45) is 0 Å². The van der Waals surface area contributed by atoms with Crippen LogP contribution in [0.3, 0.4) is 0 Å². The number of halogens is 3. The number of nitrogens with zero attached hydrogens (tertiary/aromatic N) is 1. The highest BCUT2D eigenvalue weighted by molar-refractivity contribution is 6.07. The maximum atomic E-state index is 12.5. The summed E-state index contributed by atoms with van der Waals surface area (Å²) in [6.45, 7) is 1.49. The van der Waals surface area contributed by atoms with Crippen molar-refractivity contribution >= 4 is 17.3 Å². The second kappa shape index (κ2) is 6.07. The van der Waals surface area contributed by atoms with Crippen LogP contribution in [0.15, 0.2) is 42.5 Å². The average molecular weight is 324 g/mol. The van der Waals surface area contributed by atoms with Crippen molar-refractivity contribution in [3.05, 3.63) is 69.3 Å². The third kappa shape index (κ3) is 3.65. The Hall–Kier alpha value is -2.90. The minimum absolute atomic E-state index is 0.110. The van der Waals surface area contributed by atoms with E-state index in [0.717, 1.165) is 24.3 Å². The lowest BCUT2D eigenvalue weighted by Crippen LogP contribution is -2.15. The summed E-state index contributed by atoms with van der Waals surface area (Å²) in [4.78, 5) is 22.5. The first-order valence-corrected chi connectivity index (χ1v) is 6.43. The van der Waals surface area contributed by atoms with Crippen LogP contribution in [-0.2, 0) is 6.18 Å². The number of anilines is 1. The molecular formula is C15H11F3N2O3. The topological polar surface area (TPSA) is 72.2 Å². The molecule has 2 aromatic carbocycles. The maximum Gasteiger partial charge on any atom is 0.416 e. The quantitative estimate of drug-likeness (QED) is 0.680. The number of amides is 1. The van der Waals surface area contributed by atoms with Gasteiger partial charge in [-0.15, -0.1) is 0 Å². The van der Waals surface area contributed by atoms with E-state index < -0.39 is 22.6 Å². The SMILES string of the molecule is Cc1cccc(C(=O)Nc2ccc(C(F)(F)F)cc2)c1[N+](=O)[O-]. The van der Waals surface area contributed by atoms with Crippen LogP contribution < -0.4 is 5.32 Å². The first kappa shape index (κ1) is 16.5. The van der Waals surface area contributed by atoms with Gasteiger partial charge in [0, 0.05) is 11.3 Å². The van der Waals surface area contributed by atoms with E-state index in [2.05, 4.69) is 5.32 Å². The highest BCUT2D eigenvalue weighted by atomic mass is 19.4. The van der Waals surface area contributed by atoms with Crippen LogP contribution in [0.1, 0.15) is 21.5 Å². The Morgan fingerprint density at radius 2 is 1.74 bits per heavy atom. The molecule has 1 N–H and O–H groups in total. The van der Waals surface area contributed by atoms with E-state index in [9.17, 15) is 28.1 Å². The van der Waals surface area contributed by atoms with Crippen molar-refractivity contribution in [1.82, 2.24) is 0 Å². The molecule has 0 aromatic heterocycles. The predicted molar refractivity (Wildman–Crippen MR) is 77.2 cm³/mol. The molecule has 0 radical (unpaired) electrons. The van der Waals surface area contributed by atoms with E-state index in [1.54, 1.807) is 0 Å². The molecule has 23 heavy (non-hydrogen) atoms. The van der Waals surface area contributed by atoms with Crippen LogP contribution >= 0.6 is 0 Å². The molecule has 0 saturated heterocycles. The molecule has 2 aromatic rings. The maximum absolute atomic E-state index is 12.5. The number of para-hydroxylation sites is 1. The molecule has 2 rings (SSSR count). The lowest BCUT2D eigenvalue weighted by Gasteiger charge is -2.09. The van der Waals surface area contributed by atoms with Gasteiger partial charge < -0.3 is 5.32 Å². The largest absolute Gasteiger partial charge is 0.416 e. The van der Waals surface area contributed by atoms with Crippen molar-refractivity contribution in [2.45, 2.75) is 13.1 Å². The number of nitro benzene ring substituents is 1. The van der Waals surface area contributed by atoms with E-state index >= 15 is 0 Å². The summed E-state index contributed by atoms with van der Waals surface area (Å²) >= 11 is 0. The van der Waals surface area contributed by atoms with Gasteiger partial charge in [0.1, 0.15) is 5.56 Å². The normalized spacial score (nSPS) is 11.1. The summed E-state index contributed by atoms with van der Waals surface area (Å²) in [6.07, 6.45) is -4.47. The van der Waals surface area contributed by atoms with Gasteiger partial charge in [0.25, 0.3) is 11.6 Å². The van der Waals surface area contributed by atoms with E-state index in [4.69, 9.17) is 0 Å². The Balaban J connectivity index is 2.27. The minimum Gasteiger partial charge on any atom is -0.322 e. The van der Waals surface area contributed by atoms with Crippen molar-refractivity contribution in [1.29, 1.82) is 0 Å². The number of nitro groups is 1. The monoisotopic (exact) mass is 324 g/mol. The van der Waals surface area contributed by atoms with Gasteiger partial charge >= 0.3 is 6.18 Å². The van der Waals surface area contributed by atoms with E-state index in [1.807, 2.05) is 0 Å². The number of alkyl halides is 3. The van der Waals surface area contributed by atoms with Crippen LogP contribution in [0.25, 0.3) is 0 Å². The van der Waals surface area contributed by atoms with Gasteiger partial charge in [0.2, 0.25) is 0 Å². The first-order chi connectivity index (χ1) is 10.7. The molecule has 0 fully saturated rings. The Kier molecular flexibility index (Phi) is 4.35. The molecule has 0 heterocycles. The predicted octanol–water partition coefficient (Wildman–Crippen LogP) is 4.17. The van der Waals surface area contributed by atoms with Gasteiger partial charge in [0.15, 0.2) is 0 Å². The third-order valence-corrected chi connectivity index (χ3v) is 3.14. The summed E-state index contributed by atoms with van der Waals surface area (Å²) in [5, 5.41) is 13.4. The molecule has 0 spiro atoms. The van der Waals surface area contributed by atoms with Crippen molar-refractivity contribution in [3.63, 3.8) is 0 Å². The Bertz CT molecular complexity index is 756. The lowest BCUT2D eigenvalue weighted by molar-refractivity contribution is -0.385. The zero-order chi connectivity index (χ0) is 17.2. The number of carbonyl (C=O) groups is 1. The zero-order valence-corrected chi connectivity index (χ0v) is 11.8. The molecule has 0 unspecified atom stereocenters. The molecule has 5 nitrogen and oxygen atoms in total.